The number of benzene rings is 2. The molecule has 2 aromatic rings. The van der Waals surface area contributed by atoms with E-state index in [0.29, 0.717) is 12.2 Å². The topological polar surface area (TPSA) is 21.3 Å². The molecule has 0 aromatic heterocycles. The van der Waals surface area contributed by atoms with Gasteiger partial charge in [0.05, 0.1) is 11.8 Å². The molecule has 2 nitrogen and oxygen atoms in total. The molecule has 19 heavy (non-hydrogen) atoms. The second-order valence-corrected chi connectivity index (χ2v) is 4.65. The Hall–Kier alpha value is -2.03. The molecule has 2 rings (SSSR count). The summed E-state index contributed by atoms with van der Waals surface area (Å²) >= 11 is 0. The van der Waals surface area contributed by atoms with Crippen LogP contribution in [0.4, 0.5) is 10.1 Å². The van der Waals surface area contributed by atoms with E-state index >= 15 is 0 Å². The van der Waals surface area contributed by atoms with E-state index in [1.54, 1.807) is 12.1 Å². The van der Waals surface area contributed by atoms with Crippen molar-refractivity contribution in [1.29, 1.82) is 0 Å². The predicted molar refractivity (Wildman–Crippen MR) is 75.9 cm³/mol. The lowest BCUT2D eigenvalue weighted by molar-refractivity contribution is 0.242. The molecule has 3 heteroatoms. The molecule has 0 radical (unpaired) electrons. The van der Waals surface area contributed by atoms with Crippen LogP contribution < -0.4 is 10.1 Å². The van der Waals surface area contributed by atoms with E-state index < -0.39 is 0 Å². The molecule has 0 fully saturated rings. The molecule has 0 aliphatic rings. The highest BCUT2D eigenvalue weighted by Gasteiger charge is 2.02. The maximum Gasteiger partial charge on any atom is 0.146 e. The second kappa shape index (κ2) is 6.23. The van der Waals surface area contributed by atoms with Gasteiger partial charge in [0.25, 0.3) is 0 Å². The summed E-state index contributed by atoms with van der Waals surface area (Å²) in [7, 11) is 0. The van der Waals surface area contributed by atoms with Crippen molar-refractivity contribution in [1.82, 2.24) is 0 Å². The summed E-state index contributed by atoms with van der Waals surface area (Å²) in [5.41, 5.74) is 1.57. The van der Waals surface area contributed by atoms with Gasteiger partial charge in [-0.05, 0) is 43.7 Å². The SMILES string of the molecule is CC(C)Oc1cccc(CNc2ccccc2F)c1. The third-order valence-corrected chi connectivity index (χ3v) is 2.63. The smallest absolute Gasteiger partial charge is 0.146 e. The van der Waals surface area contributed by atoms with Gasteiger partial charge in [-0.2, -0.15) is 0 Å². The van der Waals surface area contributed by atoms with E-state index in [-0.39, 0.29) is 11.9 Å². The average Bonchev–Trinajstić information content (AvgIpc) is 2.37. The van der Waals surface area contributed by atoms with Crippen LogP contribution in [0.2, 0.25) is 0 Å². The molecule has 0 aliphatic carbocycles. The van der Waals surface area contributed by atoms with Gasteiger partial charge in [-0.15, -0.1) is 0 Å². The first kappa shape index (κ1) is 13.4. The van der Waals surface area contributed by atoms with Crippen LogP contribution in [0, 0.1) is 5.82 Å². The molecule has 0 saturated carbocycles. The molecule has 0 unspecified atom stereocenters. The molecule has 1 N–H and O–H groups in total. The number of hydrogen-bond acceptors (Lipinski definition) is 2. The molecule has 100 valence electrons. The van der Waals surface area contributed by atoms with Crippen molar-refractivity contribution in [2.75, 3.05) is 5.32 Å². The predicted octanol–water partition coefficient (Wildman–Crippen LogP) is 4.23. The Kier molecular flexibility index (Phi) is 4.39. The van der Waals surface area contributed by atoms with Gasteiger partial charge in [-0.25, -0.2) is 4.39 Å². The molecule has 0 spiro atoms. The van der Waals surface area contributed by atoms with E-state index in [2.05, 4.69) is 5.32 Å². The van der Waals surface area contributed by atoms with E-state index in [1.807, 2.05) is 44.2 Å². The minimum absolute atomic E-state index is 0.148. The van der Waals surface area contributed by atoms with Crippen LogP contribution in [0.5, 0.6) is 5.75 Å². The largest absolute Gasteiger partial charge is 0.491 e. The van der Waals surface area contributed by atoms with Crippen molar-refractivity contribution in [3.63, 3.8) is 0 Å². The molecule has 0 atom stereocenters. The van der Waals surface area contributed by atoms with Gasteiger partial charge in [0.1, 0.15) is 11.6 Å². The van der Waals surface area contributed by atoms with Gasteiger partial charge in [-0.1, -0.05) is 24.3 Å². The van der Waals surface area contributed by atoms with Gasteiger partial charge in [-0.3, -0.25) is 0 Å². The highest BCUT2D eigenvalue weighted by Crippen LogP contribution is 2.17. The van der Waals surface area contributed by atoms with Gasteiger partial charge < -0.3 is 10.1 Å². The van der Waals surface area contributed by atoms with Crippen LogP contribution >= 0.6 is 0 Å². The average molecular weight is 259 g/mol. The first-order valence-corrected chi connectivity index (χ1v) is 6.39. The van der Waals surface area contributed by atoms with E-state index in [1.165, 1.54) is 6.07 Å². The molecule has 0 aliphatic heterocycles. The second-order valence-electron chi connectivity index (χ2n) is 4.65. The van der Waals surface area contributed by atoms with Gasteiger partial charge >= 0.3 is 0 Å². The Bertz CT molecular complexity index is 540. The van der Waals surface area contributed by atoms with Crippen LogP contribution in [0.1, 0.15) is 19.4 Å². The quantitative estimate of drug-likeness (QED) is 0.867. The molecule has 0 amide bonds. The fourth-order valence-electron chi connectivity index (χ4n) is 1.80. The number of anilines is 1. The summed E-state index contributed by atoms with van der Waals surface area (Å²) in [4.78, 5) is 0. The minimum Gasteiger partial charge on any atom is -0.491 e. The highest BCUT2D eigenvalue weighted by atomic mass is 19.1. The standard InChI is InChI=1S/C16H18FNO/c1-12(2)19-14-7-5-6-13(10-14)11-18-16-9-4-3-8-15(16)17/h3-10,12,18H,11H2,1-2H3. The van der Waals surface area contributed by atoms with Gasteiger partial charge in [0.2, 0.25) is 0 Å². The summed E-state index contributed by atoms with van der Waals surface area (Å²) in [5.74, 6) is 0.597. The normalized spacial score (nSPS) is 10.5. The first-order valence-electron chi connectivity index (χ1n) is 6.39. The summed E-state index contributed by atoms with van der Waals surface area (Å²) < 4.78 is 19.1. The van der Waals surface area contributed by atoms with Crippen LogP contribution in [0.3, 0.4) is 0 Å². The Balaban J connectivity index is 2.02. The molecular weight excluding hydrogens is 241 g/mol. The first-order chi connectivity index (χ1) is 9.15. The fraction of sp³-hybridized carbons (Fsp3) is 0.250. The summed E-state index contributed by atoms with van der Waals surface area (Å²) in [6.45, 7) is 4.55. The van der Waals surface area contributed by atoms with Crippen molar-refractivity contribution in [2.24, 2.45) is 0 Å². The highest BCUT2D eigenvalue weighted by molar-refractivity contribution is 5.45. The van der Waals surface area contributed by atoms with Crippen LogP contribution in [0.15, 0.2) is 48.5 Å². The number of ether oxygens (including phenoxy) is 1. The van der Waals surface area contributed by atoms with E-state index in [4.69, 9.17) is 4.74 Å². The minimum atomic E-state index is -0.239. The molecule has 2 aromatic carbocycles. The van der Waals surface area contributed by atoms with Crippen molar-refractivity contribution in [3.8, 4) is 5.75 Å². The Morgan fingerprint density at radius 3 is 2.63 bits per heavy atom. The monoisotopic (exact) mass is 259 g/mol. The Labute approximate surface area is 113 Å². The van der Waals surface area contributed by atoms with Gasteiger partial charge in [0.15, 0.2) is 0 Å². The summed E-state index contributed by atoms with van der Waals surface area (Å²) in [6.07, 6.45) is 0.148. The van der Waals surface area contributed by atoms with Crippen molar-refractivity contribution in [3.05, 3.63) is 59.9 Å². The maximum absolute atomic E-state index is 13.5. The molecule has 0 bridgehead atoms. The number of para-hydroxylation sites is 1. The summed E-state index contributed by atoms with van der Waals surface area (Å²) in [6, 6.07) is 14.5. The number of halogens is 1. The lowest BCUT2D eigenvalue weighted by atomic mass is 10.2. The van der Waals surface area contributed by atoms with Crippen LogP contribution in [-0.4, -0.2) is 6.10 Å². The third kappa shape index (κ3) is 3.98. The lowest BCUT2D eigenvalue weighted by Gasteiger charge is -2.12. The zero-order valence-electron chi connectivity index (χ0n) is 11.2. The number of hydrogen-bond donors (Lipinski definition) is 1. The summed E-state index contributed by atoms with van der Waals surface area (Å²) in [5, 5.41) is 3.08. The van der Waals surface area contributed by atoms with Crippen molar-refractivity contribution >= 4 is 5.69 Å². The molecule has 0 heterocycles. The maximum atomic E-state index is 13.5. The number of rotatable bonds is 5. The number of nitrogens with one attached hydrogen (secondary N) is 1. The Morgan fingerprint density at radius 2 is 1.89 bits per heavy atom. The zero-order valence-corrected chi connectivity index (χ0v) is 11.2. The fourth-order valence-corrected chi connectivity index (χ4v) is 1.80. The molecular formula is C16H18FNO. The van der Waals surface area contributed by atoms with E-state index in [9.17, 15) is 4.39 Å². The molecule has 0 saturated heterocycles. The van der Waals surface area contributed by atoms with Crippen molar-refractivity contribution < 1.29 is 9.13 Å². The van der Waals surface area contributed by atoms with Crippen LogP contribution in [-0.2, 0) is 6.54 Å². The lowest BCUT2D eigenvalue weighted by Crippen LogP contribution is -2.06. The van der Waals surface area contributed by atoms with E-state index in [0.717, 1.165) is 11.3 Å². The Morgan fingerprint density at radius 1 is 1.11 bits per heavy atom. The third-order valence-electron chi connectivity index (χ3n) is 2.63. The van der Waals surface area contributed by atoms with Crippen molar-refractivity contribution in [2.45, 2.75) is 26.5 Å². The van der Waals surface area contributed by atoms with Crippen LogP contribution in [0.25, 0.3) is 0 Å². The van der Waals surface area contributed by atoms with Gasteiger partial charge in [0, 0.05) is 6.54 Å². The zero-order chi connectivity index (χ0) is 13.7.